The first kappa shape index (κ1) is 19.7. The summed E-state index contributed by atoms with van der Waals surface area (Å²) in [4.78, 5) is 21.3. The van der Waals surface area contributed by atoms with Gasteiger partial charge in [-0.3, -0.25) is 9.78 Å². The second-order valence-corrected chi connectivity index (χ2v) is 9.14. The highest BCUT2D eigenvalue weighted by molar-refractivity contribution is 7.99. The van der Waals surface area contributed by atoms with E-state index in [0.29, 0.717) is 11.5 Å². The number of hydrogen-bond acceptors (Lipinski definition) is 5. The fourth-order valence-corrected chi connectivity index (χ4v) is 5.63. The third kappa shape index (κ3) is 3.89. The summed E-state index contributed by atoms with van der Waals surface area (Å²) in [7, 11) is 0. The van der Waals surface area contributed by atoms with Crippen LogP contribution in [0.25, 0.3) is 11.1 Å². The van der Waals surface area contributed by atoms with Crippen molar-refractivity contribution in [3.63, 3.8) is 0 Å². The van der Waals surface area contributed by atoms with Gasteiger partial charge >= 0.3 is 0 Å². The summed E-state index contributed by atoms with van der Waals surface area (Å²) in [5, 5.41) is 12.4. The molecule has 1 saturated heterocycles. The number of nitrogens with one attached hydrogen (secondary N) is 1. The number of fused-ring (bicyclic) bond motifs is 2. The number of rotatable bonds is 5. The molecule has 31 heavy (non-hydrogen) atoms. The zero-order valence-electron chi connectivity index (χ0n) is 16.9. The molecular formula is C25H22N4OS. The zero-order valence-corrected chi connectivity index (χ0v) is 17.8. The van der Waals surface area contributed by atoms with E-state index < -0.39 is 0 Å². The van der Waals surface area contributed by atoms with Crippen molar-refractivity contribution in [2.45, 2.75) is 34.7 Å². The Morgan fingerprint density at radius 1 is 1.10 bits per heavy atom. The predicted molar refractivity (Wildman–Crippen MR) is 120 cm³/mol. The van der Waals surface area contributed by atoms with Crippen LogP contribution in [0.3, 0.4) is 0 Å². The summed E-state index contributed by atoms with van der Waals surface area (Å²) in [6.45, 7) is 0.758. The van der Waals surface area contributed by atoms with E-state index in [2.05, 4.69) is 28.6 Å². The van der Waals surface area contributed by atoms with Crippen LogP contribution < -0.4 is 5.32 Å². The standard InChI is InChI=1S/C25H22N4OS/c26-16-29-15-19-10-11-22(29)24(19)28-25(30)18-8-6-17(7-9-18)21-14-27-13-12-23(21)31-20-4-2-1-3-5-20/h1-9,12-14,19,22,24H,10-11,15H2,(H,28,30)/t19?,22?,24-/m1/s1. The van der Waals surface area contributed by atoms with Gasteiger partial charge in [-0.2, -0.15) is 5.26 Å². The van der Waals surface area contributed by atoms with Gasteiger partial charge in [0.05, 0.1) is 12.1 Å². The first-order chi connectivity index (χ1) is 15.2. The van der Waals surface area contributed by atoms with Gasteiger partial charge in [-0.25, -0.2) is 0 Å². The van der Waals surface area contributed by atoms with E-state index in [1.807, 2.05) is 59.6 Å². The Morgan fingerprint density at radius 3 is 2.65 bits per heavy atom. The van der Waals surface area contributed by atoms with Crippen LogP contribution in [-0.2, 0) is 0 Å². The molecule has 2 aromatic carbocycles. The highest BCUT2D eigenvalue weighted by atomic mass is 32.2. The average molecular weight is 427 g/mol. The molecule has 2 bridgehead atoms. The van der Waals surface area contributed by atoms with Crippen LogP contribution in [0, 0.1) is 17.4 Å². The van der Waals surface area contributed by atoms with Crippen LogP contribution in [0.5, 0.6) is 0 Å². The van der Waals surface area contributed by atoms with Crippen LogP contribution in [0.2, 0.25) is 0 Å². The van der Waals surface area contributed by atoms with Gasteiger partial charge < -0.3 is 10.2 Å². The molecular weight excluding hydrogens is 404 g/mol. The van der Waals surface area contributed by atoms with E-state index in [-0.39, 0.29) is 18.0 Å². The molecule has 3 aromatic rings. The number of likely N-dealkylation sites (tertiary alicyclic amines) is 1. The Balaban J connectivity index is 1.32. The van der Waals surface area contributed by atoms with Crippen molar-refractivity contribution < 1.29 is 4.79 Å². The number of nitriles is 1. The van der Waals surface area contributed by atoms with Crippen LogP contribution in [0.1, 0.15) is 23.2 Å². The Labute approximate surface area is 186 Å². The van der Waals surface area contributed by atoms with Gasteiger partial charge in [0.2, 0.25) is 0 Å². The van der Waals surface area contributed by atoms with E-state index in [1.165, 1.54) is 4.90 Å². The summed E-state index contributed by atoms with van der Waals surface area (Å²) in [6.07, 6.45) is 7.99. The monoisotopic (exact) mass is 426 g/mol. The lowest BCUT2D eigenvalue weighted by Gasteiger charge is -2.21. The molecule has 1 N–H and O–H groups in total. The molecule has 0 radical (unpaired) electrons. The second-order valence-electron chi connectivity index (χ2n) is 8.02. The molecule has 1 aliphatic carbocycles. The number of aromatic nitrogens is 1. The van der Waals surface area contributed by atoms with Crippen molar-refractivity contribution in [3.8, 4) is 17.3 Å². The van der Waals surface area contributed by atoms with Gasteiger partial charge in [-0.1, -0.05) is 42.1 Å². The van der Waals surface area contributed by atoms with E-state index in [9.17, 15) is 10.1 Å². The minimum absolute atomic E-state index is 0.0685. The number of nitrogens with zero attached hydrogens (tertiary/aromatic N) is 3. The molecule has 1 amide bonds. The van der Waals surface area contributed by atoms with Crippen LogP contribution in [0.4, 0.5) is 0 Å². The lowest BCUT2D eigenvalue weighted by atomic mass is 10.0. The SMILES string of the molecule is N#CN1CC2CCC1[C@@H]2NC(=O)c1ccc(-c2cnccc2Sc2ccccc2)cc1. The smallest absolute Gasteiger partial charge is 0.251 e. The normalized spacial score (nSPS) is 21.6. The number of hydrogen-bond donors (Lipinski definition) is 1. The highest BCUT2D eigenvalue weighted by Crippen LogP contribution is 2.38. The van der Waals surface area contributed by atoms with Crippen molar-refractivity contribution in [3.05, 3.63) is 78.6 Å². The molecule has 2 unspecified atom stereocenters. The van der Waals surface area contributed by atoms with Crippen molar-refractivity contribution in [2.24, 2.45) is 5.92 Å². The number of benzene rings is 2. The predicted octanol–water partition coefficient (Wildman–Crippen LogP) is 4.57. The van der Waals surface area contributed by atoms with E-state index in [1.54, 1.807) is 18.0 Å². The average Bonchev–Trinajstić information content (AvgIpc) is 3.36. The van der Waals surface area contributed by atoms with E-state index >= 15 is 0 Å². The minimum atomic E-state index is -0.0710. The number of pyridine rings is 1. The minimum Gasteiger partial charge on any atom is -0.347 e. The third-order valence-electron chi connectivity index (χ3n) is 6.22. The highest BCUT2D eigenvalue weighted by Gasteiger charge is 2.47. The number of carbonyl (C=O) groups excluding carboxylic acids is 1. The Kier molecular flexibility index (Phi) is 5.35. The topological polar surface area (TPSA) is 69.0 Å². The van der Waals surface area contributed by atoms with Gasteiger partial charge in [0.25, 0.3) is 5.91 Å². The molecule has 2 aliphatic rings. The van der Waals surface area contributed by atoms with Crippen LogP contribution >= 0.6 is 11.8 Å². The maximum atomic E-state index is 12.8. The number of carbonyl (C=O) groups is 1. The number of amides is 1. The summed E-state index contributed by atoms with van der Waals surface area (Å²) in [6, 6.07) is 20.2. The molecule has 1 saturated carbocycles. The lowest BCUT2D eigenvalue weighted by molar-refractivity contribution is 0.0929. The van der Waals surface area contributed by atoms with Crippen LogP contribution in [0.15, 0.2) is 82.8 Å². The molecule has 2 fully saturated rings. The largest absolute Gasteiger partial charge is 0.347 e. The fraction of sp³-hybridized carbons (Fsp3) is 0.240. The molecule has 5 rings (SSSR count). The Hall–Kier alpha value is -3.30. The molecule has 1 aliphatic heterocycles. The Bertz CT molecular complexity index is 1130. The summed E-state index contributed by atoms with van der Waals surface area (Å²) in [5.74, 6) is 0.305. The van der Waals surface area contributed by atoms with Crippen molar-refractivity contribution in [1.82, 2.24) is 15.2 Å². The number of piperidine rings is 1. The maximum Gasteiger partial charge on any atom is 0.251 e. The molecule has 154 valence electrons. The molecule has 2 heterocycles. The quantitative estimate of drug-likeness (QED) is 0.605. The molecule has 1 aromatic heterocycles. The first-order valence-corrected chi connectivity index (χ1v) is 11.3. The lowest BCUT2D eigenvalue weighted by Crippen LogP contribution is -2.42. The molecule has 5 nitrogen and oxygen atoms in total. The van der Waals surface area contributed by atoms with Crippen molar-refractivity contribution in [2.75, 3.05) is 6.54 Å². The van der Waals surface area contributed by atoms with Gasteiger partial charge in [0.15, 0.2) is 6.19 Å². The summed E-state index contributed by atoms with van der Waals surface area (Å²) < 4.78 is 0. The molecule has 3 atom stereocenters. The maximum absolute atomic E-state index is 12.8. The molecule has 6 heteroatoms. The fourth-order valence-electron chi connectivity index (χ4n) is 4.67. The summed E-state index contributed by atoms with van der Waals surface area (Å²) >= 11 is 1.70. The van der Waals surface area contributed by atoms with E-state index in [0.717, 1.165) is 35.4 Å². The van der Waals surface area contributed by atoms with Gasteiger partial charge in [0.1, 0.15) is 0 Å². The van der Waals surface area contributed by atoms with Gasteiger partial charge in [-0.05, 0) is 54.7 Å². The van der Waals surface area contributed by atoms with Gasteiger partial charge in [-0.15, -0.1) is 0 Å². The zero-order chi connectivity index (χ0) is 21.2. The van der Waals surface area contributed by atoms with Crippen molar-refractivity contribution in [1.29, 1.82) is 5.26 Å². The van der Waals surface area contributed by atoms with Gasteiger partial charge in [0, 0.05) is 39.9 Å². The second kappa shape index (κ2) is 8.44. The Morgan fingerprint density at radius 2 is 1.90 bits per heavy atom. The molecule has 0 spiro atoms. The van der Waals surface area contributed by atoms with Crippen LogP contribution in [-0.4, -0.2) is 34.4 Å². The van der Waals surface area contributed by atoms with Crippen molar-refractivity contribution >= 4 is 17.7 Å². The van der Waals surface area contributed by atoms with E-state index in [4.69, 9.17) is 0 Å². The third-order valence-corrected chi connectivity index (χ3v) is 7.31. The first-order valence-electron chi connectivity index (χ1n) is 10.5. The summed E-state index contributed by atoms with van der Waals surface area (Å²) in [5.41, 5.74) is 2.71.